The van der Waals surface area contributed by atoms with Crippen molar-refractivity contribution >= 4 is 45.4 Å². The lowest BCUT2D eigenvalue weighted by Gasteiger charge is -2.18. The zero-order valence-electron chi connectivity index (χ0n) is 18.2. The van der Waals surface area contributed by atoms with Gasteiger partial charge in [-0.3, -0.25) is 9.78 Å². The summed E-state index contributed by atoms with van der Waals surface area (Å²) in [5.74, 6) is -0.536. The van der Waals surface area contributed by atoms with Crippen molar-refractivity contribution in [2.45, 2.75) is 19.9 Å². The van der Waals surface area contributed by atoms with E-state index in [1.807, 2.05) is 62.4 Å². The fourth-order valence-electron chi connectivity index (χ4n) is 3.56. The van der Waals surface area contributed by atoms with Gasteiger partial charge in [0.1, 0.15) is 11.5 Å². The van der Waals surface area contributed by atoms with Gasteiger partial charge in [-0.1, -0.05) is 36.4 Å². The van der Waals surface area contributed by atoms with Gasteiger partial charge in [0, 0.05) is 23.0 Å². The molecule has 3 aromatic carbocycles. The van der Waals surface area contributed by atoms with Crippen LogP contribution < -0.4 is 16.0 Å². The number of nitrogens with one attached hydrogen (secondary N) is 3. The van der Waals surface area contributed by atoms with E-state index >= 15 is 0 Å². The van der Waals surface area contributed by atoms with Crippen LogP contribution in [0.1, 0.15) is 34.6 Å². The number of amides is 1. The van der Waals surface area contributed by atoms with Crippen molar-refractivity contribution in [3.05, 3.63) is 102 Å². The molecule has 0 saturated heterocycles. The summed E-state index contributed by atoms with van der Waals surface area (Å²) >= 11 is 5.42. The summed E-state index contributed by atoms with van der Waals surface area (Å²) in [6, 6.07) is 21.3. The molecule has 4 aromatic rings. The Morgan fingerprint density at radius 2 is 1.76 bits per heavy atom. The summed E-state index contributed by atoms with van der Waals surface area (Å²) in [4.78, 5) is 17.2. The van der Waals surface area contributed by atoms with Crippen LogP contribution in [0.4, 0.5) is 15.8 Å². The van der Waals surface area contributed by atoms with Crippen LogP contribution in [0.15, 0.2) is 79.0 Å². The van der Waals surface area contributed by atoms with Gasteiger partial charge in [-0.15, -0.1) is 0 Å². The Morgan fingerprint density at radius 1 is 1.00 bits per heavy atom. The van der Waals surface area contributed by atoms with Crippen LogP contribution in [0.3, 0.4) is 0 Å². The Balaban J connectivity index is 1.42. The van der Waals surface area contributed by atoms with E-state index < -0.39 is 0 Å². The smallest absolute Gasteiger partial charge is 0.274 e. The molecule has 1 atom stereocenters. The minimum absolute atomic E-state index is 0.0848. The number of fused-ring (bicyclic) bond motifs is 1. The minimum atomic E-state index is -0.273. The number of carbonyl (C=O) groups is 1. The summed E-state index contributed by atoms with van der Waals surface area (Å²) in [7, 11) is 0. The van der Waals surface area contributed by atoms with E-state index in [2.05, 4.69) is 20.9 Å². The predicted octanol–water partition coefficient (Wildman–Crippen LogP) is 5.98. The van der Waals surface area contributed by atoms with Crippen LogP contribution in [0.2, 0.25) is 0 Å². The molecular formula is C26H23FN4OS. The first-order valence-corrected chi connectivity index (χ1v) is 10.9. The summed E-state index contributed by atoms with van der Waals surface area (Å²) < 4.78 is 13.1. The molecule has 0 bridgehead atoms. The first-order valence-electron chi connectivity index (χ1n) is 10.5. The number of halogens is 1. The van der Waals surface area contributed by atoms with Crippen molar-refractivity contribution in [1.82, 2.24) is 10.3 Å². The molecular weight excluding hydrogens is 435 g/mol. The maximum Gasteiger partial charge on any atom is 0.274 e. The molecule has 0 aliphatic carbocycles. The van der Waals surface area contributed by atoms with Crippen LogP contribution in [0, 0.1) is 12.7 Å². The first-order chi connectivity index (χ1) is 15.9. The molecule has 1 aromatic heterocycles. The van der Waals surface area contributed by atoms with Gasteiger partial charge in [0.25, 0.3) is 5.91 Å². The lowest BCUT2D eigenvalue weighted by molar-refractivity contribution is 0.102. The van der Waals surface area contributed by atoms with Crippen LogP contribution in [0.5, 0.6) is 0 Å². The van der Waals surface area contributed by atoms with Crippen molar-refractivity contribution in [2.24, 2.45) is 0 Å². The normalized spacial score (nSPS) is 11.6. The van der Waals surface area contributed by atoms with Gasteiger partial charge < -0.3 is 16.0 Å². The van der Waals surface area contributed by atoms with E-state index in [-0.39, 0.29) is 17.8 Å². The standard InChI is InChI=1S/C26H23FN4OS/c1-16-15-21(30-26(33)29-17(2)18-7-9-20(27)10-8-18)11-12-23(16)31-25(32)24-22-6-4-3-5-19(22)13-14-28-24/h3-15,17H,1-2H3,(H,31,32)(H2,29,30,33). The molecule has 166 valence electrons. The first kappa shape index (κ1) is 22.4. The Bertz CT molecular complexity index is 1320. The van der Waals surface area contributed by atoms with Gasteiger partial charge in [0.15, 0.2) is 5.11 Å². The molecule has 1 unspecified atom stereocenters. The van der Waals surface area contributed by atoms with Crippen LogP contribution in [-0.4, -0.2) is 16.0 Å². The van der Waals surface area contributed by atoms with Crippen molar-refractivity contribution in [3.63, 3.8) is 0 Å². The molecule has 4 rings (SSSR count). The number of aryl methyl sites for hydroxylation is 1. The minimum Gasteiger partial charge on any atom is -0.356 e. The third-order valence-corrected chi connectivity index (χ3v) is 5.56. The molecule has 0 radical (unpaired) electrons. The lowest BCUT2D eigenvalue weighted by Crippen LogP contribution is -2.30. The second-order valence-corrected chi connectivity index (χ2v) is 8.14. The van der Waals surface area contributed by atoms with Crippen molar-refractivity contribution in [3.8, 4) is 0 Å². The molecule has 0 spiro atoms. The highest BCUT2D eigenvalue weighted by atomic mass is 32.1. The zero-order chi connectivity index (χ0) is 23.4. The van der Waals surface area contributed by atoms with Gasteiger partial charge in [-0.05, 0) is 79.0 Å². The molecule has 3 N–H and O–H groups in total. The monoisotopic (exact) mass is 458 g/mol. The topological polar surface area (TPSA) is 66.0 Å². The predicted molar refractivity (Wildman–Crippen MR) is 135 cm³/mol. The molecule has 0 aliphatic heterocycles. The van der Waals surface area contributed by atoms with E-state index in [9.17, 15) is 9.18 Å². The molecule has 1 heterocycles. The van der Waals surface area contributed by atoms with Crippen molar-refractivity contribution in [2.75, 3.05) is 10.6 Å². The summed E-state index contributed by atoms with van der Waals surface area (Å²) in [5, 5.41) is 11.5. The summed E-state index contributed by atoms with van der Waals surface area (Å²) in [5.41, 5.74) is 3.67. The number of benzene rings is 3. The molecule has 33 heavy (non-hydrogen) atoms. The van der Waals surface area contributed by atoms with Crippen molar-refractivity contribution in [1.29, 1.82) is 0 Å². The number of pyridine rings is 1. The summed E-state index contributed by atoms with van der Waals surface area (Å²) in [6.45, 7) is 3.86. The van der Waals surface area contributed by atoms with Gasteiger partial charge >= 0.3 is 0 Å². The number of hydrogen-bond donors (Lipinski definition) is 3. The van der Waals surface area contributed by atoms with Crippen molar-refractivity contribution < 1.29 is 9.18 Å². The highest BCUT2D eigenvalue weighted by Gasteiger charge is 2.13. The van der Waals surface area contributed by atoms with Crippen LogP contribution in [0.25, 0.3) is 10.8 Å². The zero-order valence-corrected chi connectivity index (χ0v) is 19.0. The second kappa shape index (κ2) is 9.75. The summed E-state index contributed by atoms with van der Waals surface area (Å²) in [6.07, 6.45) is 1.64. The average Bonchev–Trinajstić information content (AvgIpc) is 2.80. The quantitative estimate of drug-likeness (QED) is 0.321. The Labute approximate surface area is 197 Å². The van der Waals surface area contributed by atoms with E-state index in [0.717, 1.165) is 27.6 Å². The molecule has 7 heteroatoms. The average molecular weight is 459 g/mol. The second-order valence-electron chi connectivity index (χ2n) is 7.74. The van der Waals surface area contributed by atoms with E-state index in [0.29, 0.717) is 16.5 Å². The Morgan fingerprint density at radius 3 is 2.52 bits per heavy atom. The number of carbonyl (C=O) groups excluding carboxylic acids is 1. The number of thiocarbonyl (C=S) groups is 1. The number of nitrogens with zero attached hydrogens (tertiary/aromatic N) is 1. The fraction of sp³-hybridized carbons (Fsp3) is 0.115. The van der Waals surface area contributed by atoms with E-state index in [4.69, 9.17) is 12.2 Å². The van der Waals surface area contributed by atoms with Gasteiger partial charge in [-0.2, -0.15) is 0 Å². The maximum atomic E-state index is 13.1. The van der Waals surface area contributed by atoms with Gasteiger partial charge in [-0.25, -0.2) is 4.39 Å². The number of aromatic nitrogens is 1. The SMILES string of the molecule is Cc1cc(NC(=S)NC(C)c2ccc(F)cc2)ccc1NC(=O)c1nccc2ccccc12. The molecule has 5 nitrogen and oxygen atoms in total. The molecule has 1 amide bonds. The van der Waals surface area contributed by atoms with E-state index in [1.165, 1.54) is 12.1 Å². The number of hydrogen-bond acceptors (Lipinski definition) is 3. The van der Waals surface area contributed by atoms with Crippen LogP contribution >= 0.6 is 12.2 Å². The lowest BCUT2D eigenvalue weighted by atomic mass is 10.1. The molecule has 0 saturated carbocycles. The van der Waals surface area contributed by atoms with Crippen LogP contribution in [-0.2, 0) is 0 Å². The number of anilines is 2. The largest absolute Gasteiger partial charge is 0.356 e. The molecule has 0 aliphatic rings. The Kier molecular flexibility index (Phi) is 6.60. The third-order valence-electron chi connectivity index (χ3n) is 5.34. The van der Waals surface area contributed by atoms with Gasteiger partial charge in [0.2, 0.25) is 0 Å². The van der Waals surface area contributed by atoms with Gasteiger partial charge in [0.05, 0.1) is 6.04 Å². The highest BCUT2D eigenvalue weighted by molar-refractivity contribution is 7.80. The highest BCUT2D eigenvalue weighted by Crippen LogP contribution is 2.23. The molecule has 0 fully saturated rings. The fourth-order valence-corrected chi connectivity index (χ4v) is 3.86. The van der Waals surface area contributed by atoms with E-state index in [1.54, 1.807) is 18.3 Å². The Hall–Kier alpha value is -3.84. The maximum absolute atomic E-state index is 13.1. The number of rotatable bonds is 5. The third kappa shape index (κ3) is 5.32.